The van der Waals surface area contributed by atoms with Gasteiger partial charge in [0.2, 0.25) is 0 Å². The maximum Gasteiger partial charge on any atom is 0.323 e. The lowest BCUT2D eigenvalue weighted by molar-refractivity contribution is 0.242. The number of carbonyl (C=O) groups is 1. The van der Waals surface area contributed by atoms with Crippen LogP contribution in [0.2, 0.25) is 0 Å². The van der Waals surface area contributed by atoms with E-state index in [0.717, 1.165) is 17.8 Å². The summed E-state index contributed by atoms with van der Waals surface area (Å²) in [6, 6.07) is -0.00879. The van der Waals surface area contributed by atoms with Gasteiger partial charge in [-0.05, 0) is 20.3 Å². The quantitative estimate of drug-likeness (QED) is 0.821. The number of nitrogens with one attached hydrogen (secondary N) is 1. The van der Waals surface area contributed by atoms with Gasteiger partial charge in [0, 0.05) is 12.2 Å². The molecule has 0 spiro atoms. The molecule has 0 aliphatic carbocycles. The van der Waals surface area contributed by atoms with Gasteiger partial charge in [-0.1, -0.05) is 6.92 Å². The second-order valence-corrected chi connectivity index (χ2v) is 4.11. The van der Waals surface area contributed by atoms with Crippen LogP contribution in [0.4, 0.5) is 10.6 Å². The Labute approximate surface area is 94.9 Å². The minimum atomic E-state index is -0.0925. The molecule has 0 radical (unpaired) electrons. The van der Waals surface area contributed by atoms with Gasteiger partial charge in [-0.2, -0.15) is 0 Å². The van der Waals surface area contributed by atoms with Gasteiger partial charge >= 0.3 is 6.03 Å². The highest BCUT2D eigenvalue weighted by molar-refractivity contribution is 5.93. The monoisotopic (exact) mass is 220 g/mol. The standard InChI is InChI=1S/C11H16N4O/c1-4-8-5-12-9-6-13-11(16)15(7(2)3)10(9)14-8/h5,7H,4,6H2,1-3H3,(H,13,16). The number of rotatable bonds is 2. The Morgan fingerprint density at radius 2 is 2.31 bits per heavy atom. The Morgan fingerprint density at radius 3 is 2.94 bits per heavy atom. The molecule has 2 rings (SSSR count). The van der Waals surface area contributed by atoms with Crippen LogP contribution in [0, 0.1) is 0 Å². The average Bonchev–Trinajstić information content (AvgIpc) is 2.27. The second kappa shape index (κ2) is 4.08. The van der Waals surface area contributed by atoms with E-state index in [9.17, 15) is 4.79 Å². The minimum Gasteiger partial charge on any atom is -0.332 e. The van der Waals surface area contributed by atoms with E-state index in [4.69, 9.17) is 0 Å². The van der Waals surface area contributed by atoms with Crippen molar-refractivity contribution in [1.29, 1.82) is 0 Å². The summed E-state index contributed by atoms with van der Waals surface area (Å²) in [5.41, 5.74) is 1.75. The Hall–Kier alpha value is -1.65. The highest BCUT2D eigenvalue weighted by atomic mass is 16.2. The molecule has 16 heavy (non-hydrogen) atoms. The van der Waals surface area contributed by atoms with Gasteiger partial charge < -0.3 is 5.32 Å². The number of aromatic nitrogens is 2. The number of anilines is 1. The van der Waals surface area contributed by atoms with Gasteiger partial charge in [-0.3, -0.25) is 9.88 Å². The fourth-order valence-electron chi connectivity index (χ4n) is 1.75. The third-order valence-corrected chi connectivity index (χ3v) is 2.61. The fourth-order valence-corrected chi connectivity index (χ4v) is 1.75. The van der Waals surface area contributed by atoms with Crippen LogP contribution >= 0.6 is 0 Å². The molecule has 86 valence electrons. The smallest absolute Gasteiger partial charge is 0.323 e. The maximum absolute atomic E-state index is 11.7. The van der Waals surface area contributed by atoms with Gasteiger partial charge in [0.25, 0.3) is 0 Å². The van der Waals surface area contributed by atoms with Crippen LogP contribution in [0.1, 0.15) is 32.2 Å². The van der Waals surface area contributed by atoms with E-state index in [-0.39, 0.29) is 12.1 Å². The predicted octanol–water partition coefficient (Wildman–Crippen LogP) is 1.48. The first-order valence-electron chi connectivity index (χ1n) is 5.55. The van der Waals surface area contributed by atoms with Crippen LogP contribution in [0.5, 0.6) is 0 Å². The Balaban J connectivity index is 2.48. The van der Waals surface area contributed by atoms with Gasteiger partial charge in [-0.15, -0.1) is 0 Å². The molecule has 0 bridgehead atoms. The number of carbonyl (C=O) groups excluding carboxylic acids is 1. The molecule has 0 saturated carbocycles. The summed E-state index contributed by atoms with van der Waals surface area (Å²) in [6.45, 7) is 6.43. The minimum absolute atomic E-state index is 0.0838. The summed E-state index contributed by atoms with van der Waals surface area (Å²) in [5, 5.41) is 2.79. The molecular formula is C11H16N4O. The summed E-state index contributed by atoms with van der Waals surface area (Å²) >= 11 is 0. The molecule has 1 aromatic rings. The number of hydrogen-bond acceptors (Lipinski definition) is 3. The lowest BCUT2D eigenvalue weighted by Crippen LogP contribution is -2.48. The van der Waals surface area contributed by atoms with Crippen molar-refractivity contribution >= 4 is 11.8 Å². The number of fused-ring (bicyclic) bond motifs is 1. The van der Waals surface area contributed by atoms with E-state index in [1.165, 1.54) is 0 Å². The van der Waals surface area contributed by atoms with Crippen LogP contribution < -0.4 is 10.2 Å². The van der Waals surface area contributed by atoms with Gasteiger partial charge in [0.05, 0.1) is 12.2 Å². The molecule has 0 saturated heterocycles. The van der Waals surface area contributed by atoms with E-state index in [0.29, 0.717) is 12.4 Å². The lowest BCUT2D eigenvalue weighted by atomic mass is 10.2. The van der Waals surface area contributed by atoms with Crippen LogP contribution in [-0.4, -0.2) is 22.0 Å². The largest absolute Gasteiger partial charge is 0.332 e. The summed E-state index contributed by atoms with van der Waals surface area (Å²) in [6.07, 6.45) is 2.60. The van der Waals surface area contributed by atoms with Crippen molar-refractivity contribution in [2.75, 3.05) is 4.90 Å². The maximum atomic E-state index is 11.7. The fraction of sp³-hybridized carbons (Fsp3) is 0.545. The first-order chi connectivity index (χ1) is 7.63. The predicted molar refractivity (Wildman–Crippen MR) is 61.3 cm³/mol. The van der Waals surface area contributed by atoms with E-state index in [1.807, 2.05) is 20.8 Å². The highest BCUT2D eigenvalue weighted by Gasteiger charge is 2.28. The summed E-state index contributed by atoms with van der Waals surface area (Å²) < 4.78 is 0. The highest BCUT2D eigenvalue weighted by Crippen LogP contribution is 2.22. The molecule has 5 heteroatoms. The molecule has 5 nitrogen and oxygen atoms in total. The van der Waals surface area contributed by atoms with E-state index >= 15 is 0 Å². The first-order valence-corrected chi connectivity index (χ1v) is 5.55. The van der Waals surface area contributed by atoms with E-state index in [1.54, 1.807) is 11.1 Å². The second-order valence-electron chi connectivity index (χ2n) is 4.11. The summed E-state index contributed by atoms with van der Waals surface area (Å²) in [5.74, 6) is 0.707. The molecule has 0 fully saturated rings. The zero-order chi connectivity index (χ0) is 11.7. The number of aryl methyl sites for hydroxylation is 1. The number of nitrogens with zero attached hydrogens (tertiary/aromatic N) is 3. The third kappa shape index (κ3) is 1.73. The zero-order valence-electron chi connectivity index (χ0n) is 9.82. The van der Waals surface area contributed by atoms with Crippen LogP contribution in [0.25, 0.3) is 0 Å². The molecule has 2 heterocycles. The van der Waals surface area contributed by atoms with Crippen molar-refractivity contribution in [2.45, 2.75) is 39.8 Å². The van der Waals surface area contributed by atoms with Crippen molar-refractivity contribution in [2.24, 2.45) is 0 Å². The van der Waals surface area contributed by atoms with Crippen molar-refractivity contribution in [3.63, 3.8) is 0 Å². The van der Waals surface area contributed by atoms with E-state index < -0.39 is 0 Å². The Morgan fingerprint density at radius 1 is 1.56 bits per heavy atom. The van der Waals surface area contributed by atoms with Crippen LogP contribution in [0.3, 0.4) is 0 Å². The van der Waals surface area contributed by atoms with Crippen molar-refractivity contribution in [3.05, 3.63) is 17.6 Å². The number of hydrogen-bond donors (Lipinski definition) is 1. The van der Waals surface area contributed by atoms with Crippen molar-refractivity contribution in [3.8, 4) is 0 Å². The number of urea groups is 1. The SMILES string of the molecule is CCc1cnc2c(n1)N(C(C)C)C(=O)NC2. The Kier molecular flexibility index (Phi) is 2.77. The normalized spacial score (nSPS) is 15.0. The molecule has 1 aliphatic rings. The summed E-state index contributed by atoms with van der Waals surface area (Å²) in [7, 11) is 0. The van der Waals surface area contributed by atoms with Crippen LogP contribution in [0.15, 0.2) is 6.20 Å². The number of amides is 2. The van der Waals surface area contributed by atoms with Gasteiger partial charge in [0.15, 0.2) is 5.82 Å². The molecule has 0 aromatic carbocycles. The first kappa shape index (κ1) is 10.9. The average molecular weight is 220 g/mol. The third-order valence-electron chi connectivity index (χ3n) is 2.61. The molecule has 1 N–H and O–H groups in total. The molecule has 1 aromatic heterocycles. The lowest BCUT2D eigenvalue weighted by Gasteiger charge is -2.31. The molecule has 0 unspecified atom stereocenters. The van der Waals surface area contributed by atoms with Crippen molar-refractivity contribution < 1.29 is 4.79 Å². The molecule has 2 amide bonds. The topological polar surface area (TPSA) is 58.1 Å². The summed E-state index contributed by atoms with van der Waals surface area (Å²) in [4.78, 5) is 22.2. The van der Waals surface area contributed by atoms with E-state index in [2.05, 4.69) is 15.3 Å². The zero-order valence-corrected chi connectivity index (χ0v) is 9.82. The molecular weight excluding hydrogens is 204 g/mol. The molecule has 0 atom stereocenters. The molecule has 1 aliphatic heterocycles. The van der Waals surface area contributed by atoms with Gasteiger partial charge in [-0.25, -0.2) is 9.78 Å². The van der Waals surface area contributed by atoms with Crippen LogP contribution in [-0.2, 0) is 13.0 Å². The van der Waals surface area contributed by atoms with Gasteiger partial charge in [0.1, 0.15) is 5.69 Å². The van der Waals surface area contributed by atoms with Crippen molar-refractivity contribution in [1.82, 2.24) is 15.3 Å². The Bertz CT molecular complexity index is 416.